The number of nitrogens with zero attached hydrogens (tertiary/aromatic N) is 1. The number of hydrogen-bond acceptors (Lipinski definition) is 1. The van der Waals surface area contributed by atoms with Crippen molar-refractivity contribution < 1.29 is 0 Å². The highest BCUT2D eigenvalue weighted by Gasteiger charge is 2.06. The summed E-state index contributed by atoms with van der Waals surface area (Å²) in [5.74, 6) is 0. The van der Waals surface area contributed by atoms with Crippen molar-refractivity contribution in [1.29, 1.82) is 0 Å². The second kappa shape index (κ2) is 3.95. The fraction of sp³-hybridized carbons (Fsp3) is 0. The smallest absolute Gasteiger partial charge is 0.0864 e. The highest BCUT2D eigenvalue weighted by molar-refractivity contribution is 6.07. The molecule has 0 unspecified atom stereocenters. The zero-order valence-corrected chi connectivity index (χ0v) is 10.3. The van der Waals surface area contributed by atoms with Gasteiger partial charge in [-0.1, -0.05) is 36.4 Å². The van der Waals surface area contributed by atoms with Crippen LogP contribution in [0.15, 0.2) is 66.9 Å². The van der Waals surface area contributed by atoms with Gasteiger partial charge in [0, 0.05) is 17.1 Å². The Bertz CT molecular complexity index is 860. The van der Waals surface area contributed by atoms with Crippen LogP contribution in [-0.4, -0.2) is 9.97 Å². The van der Waals surface area contributed by atoms with Gasteiger partial charge in [0.1, 0.15) is 0 Å². The van der Waals surface area contributed by atoms with Gasteiger partial charge in [-0.2, -0.15) is 0 Å². The van der Waals surface area contributed by atoms with Crippen molar-refractivity contribution in [2.45, 2.75) is 0 Å². The van der Waals surface area contributed by atoms with Crippen molar-refractivity contribution in [1.82, 2.24) is 9.97 Å². The monoisotopic (exact) mass is 244 g/mol. The molecule has 19 heavy (non-hydrogen) atoms. The lowest BCUT2D eigenvalue weighted by Crippen LogP contribution is -1.80. The lowest BCUT2D eigenvalue weighted by molar-refractivity contribution is 1.29. The fourth-order valence-corrected chi connectivity index (χ4v) is 2.55. The maximum Gasteiger partial charge on any atom is 0.0864 e. The molecule has 0 aliphatic carbocycles. The van der Waals surface area contributed by atoms with E-state index in [1.807, 2.05) is 24.4 Å². The molecule has 0 radical (unpaired) electrons. The lowest BCUT2D eigenvalue weighted by Gasteiger charge is -1.97. The second-order valence-electron chi connectivity index (χ2n) is 4.65. The second-order valence-corrected chi connectivity index (χ2v) is 4.65. The molecule has 2 aromatic heterocycles. The normalized spacial score (nSPS) is 11.2. The minimum atomic E-state index is 0.975. The maximum absolute atomic E-state index is 4.39. The number of benzene rings is 2. The van der Waals surface area contributed by atoms with Crippen LogP contribution in [0.2, 0.25) is 0 Å². The summed E-state index contributed by atoms with van der Waals surface area (Å²) < 4.78 is 0. The van der Waals surface area contributed by atoms with Crippen LogP contribution in [0.5, 0.6) is 0 Å². The van der Waals surface area contributed by atoms with E-state index in [9.17, 15) is 0 Å². The minimum absolute atomic E-state index is 0.975. The largest absolute Gasteiger partial charge is 0.353 e. The van der Waals surface area contributed by atoms with E-state index in [0.717, 1.165) is 16.9 Å². The Morgan fingerprint density at radius 3 is 2.58 bits per heavy atom. The number of rotatable bonds is 1. The molecule has 1 N–H and O–H groups in total. The standard InChI is InChI=1S/C17H12N2/c1-2-6-13-12(5-1)8-9-15-14(13)11-17(19-15)16-7-3-4-10-18-16/h1-11,19H. The molecule has 0 bridgehead atoms. The predicted octanol–water partition coefficient (Wildman–Crippen LogP) is 4.38. The van der Waals surface area contributed by atoms with Gasteiger partial charge in [0.05, 0.1) is 11.4 Å². The van der Waals surface area contributed by atoms with Crippen LogP contribution in [0.3, 0.4) is 0 Å². The lowest BCUT2D eigenvalue weighted by atomic mass is 10.1. The minimum Gasteiger partial charge on any atom is -0.353 e. The zero-order valence-electron chi connectivity index (χ0n) is 10.3. The Hall–Kier alpha value is -2.61. The van der Waals surface area contributed by atoms with Crippen LogP contribution in [-0.2, 0) is 0 Å². The Balaban J connectivity index is 2.04. The van der Waals surface area contributed by atoms with Crippen molar-refractivity contribution in [3.8, 4) is 11.4 Å². The first-order chi connectivity index (χ1) is 9.42. The van der Waals surface area contributed by atoms with Crippen molar-refractivity contribution >= 4 is 21.7 Å². The molecule has 2 heterocycles. The quantitative estimate of drug-likeness (QED) is 0.528. The summed E-state index contributed by atoms with van der Waals surface area (Å²) in [7, 11) is 0. The van der Waals surface area contributed by atoms with Gasteiger partial charge in [0.25, 0.3) is 0 Å². The summed E-state index contributed by atoms with van der Waals surface area (Å²) in [4.78, 5) is 7.83. The highest BCUT2D eigenvalue weighted by Crippen LogP contribution is 2.29. The summed E-state index contributed by atoms with van der Waals surface area (Å²) in [5, 5.41) is 3.79. The molecule has 0 aliphatic heterocycles. The molecule has 4 aromatic rings. The molecule has 0 aliphatic rings. The Kier molecular flexibility index (Phi) is 2.15. The molecule has 2 aromatic carbocycles. The third-order valence-corrected chi connectivity index (χ3v) is 3.47. The number of H-pyrrole nitrogens is 1. The Morgan fingerprint density at radius 2 is 1.68 bits per heavy atom. The van der Waals surface area contributed by atoms with Gasteiger partial charge in [-0.15, -0.1) is 0 Å². The van der Waals surface area contributed by atoms with E-state index in [1.54, 1.807) is 0 Å². The van der Waals surface area contributed by atoms with Gasteiger partial charge in [0.2, 0.25) is 0 Å². The van der Waals surface area contributed by atoms with Gasteiger partial charge in [-0.25, -0.2) is 0 Å². The molecule has 0 fully saturated rings. The SMILES string of the molecule is c1ccc(-c2cc3c(ccc4ccccc43)[nH]2)nc1. The van der Waals surface area contributed by atoms with E-state index in [4.69, 9.17) is 0 Å². The molecule has 2 heteroatoms. The van der Waals surface area contributed by atoms with Crippen LogP contribution in [0.25, 0.3) is 33.1 Å². The third kappa shape index (κ3) is 1.61. The maximum atomic E-state index is 4.39. The van der Waals surface area contributed by atoms with Gasteiger partial charge in [-0.3, -0.25) is 4.98 Å². The molecule has 4 rings (SSSR count). The van der Waals surface area contributed by atoms with Crippen LogP contribution in [0.4, 0.5) is 0 Å². The molecule has 2 nitrogen and oxygen atoms in total. The molecule has 0 saturated carbocycles. The molecule has 90 valence electrons. The van der Waals surface area contributed by atoms with Gasteiger partial charge in [-0.05, 0) is 35.0 Å². The number of hydrogen-bond donors (Lipinski definition) is 1. The summed E-state index contributed by atoms with van der Waals surface area (Å²) in [6.45, 7) is 0. The van der Waals surface area contributed by atoms with Crippen LogP contribution >= 0.6 is 0 Å². The summed E-state index contributed by atoms with van der Waals surface area (Å²) in [6.07, 6.45) is 1.82. The molecule has 0 atom stereocenters. The van der Waals surface area contributed by atoms with E-state index in [-0.39, 0.29) is 0 Å². The Labute approximate surface area is 110 Å². The fourth-order valence-electron chi connectivity index (χ4n) is 2.55. The third-order valence-electron chi connectivity index (χ3n) is 3.47. The van der Waals surface area contributed by atoms with Gasteiger partial charge < -0.3 is 4.98 Å². The first-order valence-corrected chi connectivity index (χ1v) is 6.34. The first-order valence-electron chi connectivity index (χ1n) is 6.34. The topological polar surface area (TPSA) is 28.7 Å². The first kappa shape index (κ1) is 10.3. The van der Waals surface area contributed by atoms with Crippen molar-refractivity contribution in [3.05, 3.63) is 66.9 Å². The number of pyridine rings is 1. The van der Waals surface area contributed by atoms with Crippen molar-refractivity contribution in [2.75, 3.05) is 0 Å². The van der Waals surface area contributed by atoms with E-state index < -0.39 is 0 Å². The van der Waals surface area contributed by atoms with E-state index >= 15 is 0 Å². The summed E-state index contributed by atoms with van der Waals surface area (Å²) >= 11 is 0. The molecule has 0 saturated heterocycles. The molecular weight excluding hydrogens is 232 g/mol. The number of aromatic nitrogens is 2. The molecule has 0 spiro atoms. The molecular formula is C17H12N2. The van der Waals surface area contributed by atoms with Gasteiger partial charge in [0.15, 0.2) is 0 Å². The van der Waals surface area contributed by atoms with E-state index in [1.165, 1.54) is 16.2 Å². The number of fused-ring (bicyclic) bond motifs is 3. The number of nitrogens with one attached hydrogen (secondary N) is 1. The van der Waals surface area contributed by atoms with Crippen LogP contribution in [0, 0.1) is 0 Å². The summed E-state index contributed by atoms with van der Waals surface area (Å²) in [5.41, 5.74) is 3.19. The molecule has 0 amide bonds. The van der Waals surface area contributed by atoms with E-state index in [0.29, 0.717) is 0 Å². The number of aromatic amines is 1. The average molecular weight is 244 g/mol. The van der Waals surface area contributed by atoms with E-state index in [2.05, 4.69) is 52.4 Å². The Morgan fingerprint density at radius 1 is 0.789 bits per heavy atom. The van der Waals surface area contributed by atoms with Crippen molar-refractivity contribution in [2.24, 2.45) is 0 Å². The van der Waals surface area contributed by atoms with Crippen molar-refractivity contribution in [3.63, 3.8) is 0 Å². The zero-order chi connectivity index (χ0) is 12.7. The summed E-state index contributed by atoms with van der Waals surface area (Å²) in [6, 6.07) is 20.9. The van der Waals surface area contributed by atoms with Crippen LogP contribution < -0.4 is 0 Å². The highest BCUT2D eigenvalue weighted by atomic mass is 14.8. The van der Waals surface area contributed by atoms with Crippen LogP contribution in [0.1, 0.15) is 0 Å². The van der Waals surface area contributed by atoms with Gasteiger partial charge >= 0.3 is 0 Å². The average Bonchev–Trinajstić information content (AvgIpc) is 2.93. The predicted molar refractivity (Wildman–Crippen MR) is 79.0 cm³/mol.